The van der Waals surface area contributed by atoms with Gasteiger partial charge in [0.2, 0.25) is 0 Å². The van der Waals surface area contributed by atoms with Gasteiger partial charge in [-0.2, -0.15) is 0 Å². The van der Waals surface area contributed by atoms with Gasteiger partial charge in [0.05, 0.1) is 11.1 Å². The largest absolute Gasteiger partial charge is 0 e. The van der Waals surface area contributed by atoms with Crippen molar-refractivity contribution in [2.75, 3.05) is 0 Å². The van der Waals surface area contributed by atoms with Crippen LogP contribution in [0.2, 0.25) is 0 Å². The molecule has 1 aromatic rings. The molecule has 0 aliphatic carbocycles. The van der Waals surface area contributed by atoms with Crippen LogP contribution in [-0.4, -0.2) is 59.9 Å². The normalized spacial score (nSPS) is 8.62. The molecule has 0 aromatic heterocycles. The van der Waals surface area contributed by atoms with Gasteiger partial charge in [0.25, 0.3) is 0 Å². The molecule has 1 rings (SSSR count). The Labute approximate surface area is 109 Å². The maximum Gasteiger partial charge on any atom is 0 e. The van der Waals surface area contributed by atoms with E-state index in [4.69, 9.17) is 10.2 Å². The molecule has 0 saturated heterocycles. The monoisotopic (exact) mass is 214 g/mol. The summed E-state index contributed by atoms with van der Waals surface area (Å²) in [7, 11) is 0. The van der Waals surface area contributed by atoms with E-state index < -0.39 is 11.9 Å². The molecule has 4 nitrogen and oxygen atoms in total. The summed E-state index contributed by atoms with van der Waals surface area (Å²) in [5.74, 6) is -2.13. The molecule has 13 heavy (non-hydrogen) atoms. The second kappa shape index (κ2) is 5.21. The van der Waals surface area contributed by atoms with Gasteiger partial charge in [-0.05, 0) is 24.3 Å². The fraction of sp³-hybridized carbons (Fsp3) is 0. The van der Waals surface area contributed by atoms with Crippen molar-refractivity contribution in [1.82, 2.24) is 0 Å². The summed E-state index contributed by atoms with van der Waals surface area (Å²) >= 11 is 0. The van der Waals surface area contributed by atoms with Crippen LogP contribution in [0.15, 0.2) is 24.3 Å². The van der Waals surface area contributed by atoms with Crippen LogP contribution in [0.4, 0.5) is 0 Å². The van der Waals surface area contributed by atoms with Crippen molar-refractivity contribution >= 4 is 49.7 Å². The standard InChI is InChI=1S/C8H6O4.Ca.3H2.2H/c9-7(10)5-1-2-6(4-3-5)8(11)12;;;;;;/h1-4H,(H,9,10)(H,11,12);;3*1H;;. The van der Waals surface area contributed by atoms with E-state index in [9.17, 15) is 9.59 Å². The second-order valence-electron chi connectivity index (χ2n) is 2.19. The zero-order chi connectivity index (χ0) is 9.14. The third-order valence-corrected chi connectivity index (χ3v) is 1.38. The van der Waals surface area contributed by atoms with Gasteiger partial charge < -0.3 is 10.2 Å². The minimum atomic E-state index is -1.06. The van der Waals surface area contributed by atoms with E-state index in [1.54, 1.807) is 0 Å². The maximum atomic E-state index is 10.3. The van der Waals surface area contributed by atoms with Gasteiger partial charge in [0, 0.05) is 4.28 Å². The molecular weight excluding hydrogens is 200 g/mol. The zero-order valence-electron chi connectivity index (χ0n) is 6.02. The minimum Gasteiger partial charge on any atom is 0 e. The summed E-state index contributed by atoms with van der Waals surface area (Å²) in [4.78, 5) is 20.7. The van der Waals surface area contributed by atoms with Crippen LogP contribution in [0.25, 0.3) is 0 Å². The van der Waals surface area contributed by atoms with Gasteiger partial charge in [-0.1, -0.05) is 0 Å². The number of carbonyl (C=O) groups is 2. The molecule has 2 N–H and O–H groups in total. The Morgan fingerprint density at radius 1 is 0.923 bits per heavy atom. The Hall–Kier alpha value is -0.580. The van der Waals surface area contributed by atoms with Crippen LogP contribution in [0, 0.1) is 0 Å². The third kappa shape index (κ3) is 3.34. The molecule has 0 atom stereocenters. The average Bonchev–Trinajstić information content (AvgIpc) is 2.04. The number of hydrogen-bond donors (Lipinski definition) is 2. The number of carboxylic acid groups (broad SMARTS) is 2. The molecule has 0 radical (unpaired) electrons. The predicted octanol–water partition coefficient (Wildman–Crippen LogP) is 0.905. The molecule has 0 saturated carbocycles. The maximum absolute atomic E-state index is 10.3. The summed E-state index contributed by atoms with van der Waals surface area (Å²) in [6, 6.07) is 5.02. The van der Waals surface area contributed by atoms with Crippen LogP contribution in [0.1, 0.15) is 25.0 Å². The van der Waals surface area contributed by atoms with E-state index in [-0.39, 0.29) is 53.1 Å². The Kier molecular flexibility index (Phi) is 4.98. The Morgan fingerprint density at radius 3 is 1.31 bits per heavy atom. The Bertz CT molecular complexity index is 296. The SMILES string of the molecule is O=C(O)c1ccc(C(=O)O)cc1.[CaH2].[HH].[HH].[HH]. The van der Waals surface area contributed by atoms with Crippen LogP contribution >= 0.6 is 0 Å². The second-order valence-corrected chi connectivity index (χ2v) is 2.19. The molecule has 0 spiro atoms. The van der Waals surface area contributed by atoms with Crippen molar-refractivity contribution in [3.63, 3.8) is 0 Å². The van der Waals surface area contributed by atoms with Crippen molar-refractivity contribution in [3.8, 4) is 0 Å². The van der Waals surface area contributed by atoms with Gasteiger partial charge >= 0.3 is 49.7 Å². The van der Waals surface area contributed by atoms with E-state index in [1.807, 2.05) is 0 Å². The smallest absolute Gasteiger partial charge is 0 e. The number of benzene rings is 1. The number of aromatic carboxylic acids is 2. The van der Waals surface area contributed by atoms with Crippen molar-refractivity contribution in [1.29, 1.82) is 0 Å². The first-order valence-electron chi connectivity index (χ1n) is 3.18. The molecule has 5 heteroatoms. The summed E-state index contributed by atoms with van der Waals surface area (Å²) < 4.78 is 0. The van der Waals surface area contributed by atoms with E-state index in [2.05, 4.69) is 0 Å². The Balaban J connectivity index is -0.000000180. The molecule has 0 aliphatic heterocycles. The molecular formula is C8H14CaO4. The third-order valence-electron chi connectivity index (χ3n) is 1.38. The van der Waals surface area contributed by atoms with Crippen LogP contribution in [0.3, 0.4) is 0 Å². The molecule has 1 aromatic carbocycles. The van der Waals surface area contributed by atoms with Gasteiger partial charge in [0.1, 0.15) is 0 Å². The number of carboxylic acids is 2. The van der Waals surface area contributed by atoms with Crippen LogP contribution in [-0.2, 0) is 0 Å². The molecule has 0 unspecified atom stereocenters. The summed E-state index contributed by atoms with van der Waals surface area (Å²) in [6.45, 7) is 0. The number of hydrogen-bond acceptors (Lipinski definition) is 2. The topological polar surface area (TPSA) is 74.6 Å². The van der Waals surface area contributed by atoms with Crippen molar-refractivity contribution in [3.05, 3.63) is 35.4 Å². The van der Waals surface area contributed by atoms with Gasteiger partial charge in [-0.25, -0.2) is 9.59 Å². The summed E-state index contributed by atoms with van der Waals surface area (Å²) in [6.07, 6.45) is 0. The molecule has 0 heterocycles. The first-order chi connectivity index (χ1) is 5.61. The first kappa shape index (κ1) is 12.4. The zero-order valence-corrected chi connectivity index (χ0v) is 6.02. The van der Waals surface area contributed by atoms with Gasteiger partial charge in [0.15, 0.2) is 0 Å². The minimum absolute atomic E-state index is 0. The fourth-order valence-corrected chi connectivity index (χ4v) is 0.755. The van der Waals surface area contributed by atoms with Crippen molar-refractivity contribution < 1.29 is 24.1 Å². The van der Waals surface area contributed by atoms with Crippen LogP contribution < -0.4 is 0 Å². The fourth-order valence-electron chi connectivity index (χ4n) is 0.755. The predicted molar refractivity (Wildman–Crippen MR) is 55.2 cm³/mol. The summed E-state index contributed by atoms with van der Waals surface area (Å²) in [5.41, 5.74) is 0.167. The van der Waals surface area contributed by atoms with E-state index in [0.717, 1.165) is 0 Å². The Morgan fingerprint density at radius 2 is 1.15 bits per heavy atom. The molecule has 0 fully saturated rings. The van der Waals surface area contributed by atoms with Crippen LogP contribution in [0.5, 0.6) is 0 Å². The van der Waals surface area contributed by atoms with Crippen molar-refractivity contribution in [2.24, 2.45) is 0 Å². The van der Waals surface area contributed by atoms with Crippen molar-refractivity contribution in [2.45, 2.75) is 0 Å². The quantitative estimate of drug-likeness (QED) is 0.717. The van der Waals surface area contributed by atoms with Gasteiger partial charge in [-0.3, -0.25) is 0 Å². The summed E-state index contributed by atoms with van der Waals surface area (Å²) in [5, 5.41) is 16.9. The molecule has 0 aliphatic rings. The molecule has 0 bridgehead atoms. The van der Waals surface area contributed by atoms with E-state index >= 15 is 0 Å². The molecule has 0 amide bonds. The average molecular weight is 214 g/mol. The van der Waals surface area contributed by atoms with E-state index in [0.29, 0.717) is 0 Å². The van der Waals surface area contributed by atoms with E-state index in [1.165, 1.54) is 24.3 Å². The first-order valence-corrected chi connectivity index (χ1v) is 3.18. The number of rotatable bonds is 2. The molecule has 72 valence electrons. The van der Waals surface area contributed by atoms with Gasteiger partial charge in [-0.15, -0.1) is 0 Å².